The lowest BCUT2D eigenvalue weighted by atomic mass is 10.3. The topological polar surface area (TPSA) is 28.7 Å². The van der Waals surface area contributed by atoms with Crippen LogP contribution in [0.3, 0.4) is 0 Å². The molecule has 0 aliphatic carbocycles. The fourth-order valence-corrected chi connectivity index (χ4v) is 0.956. The zero-order chi connectivity index (χ0) is 8.10. The van der Waals surface area contributed by atoms with Crippen molar-refractivity contribution in [3.05, 3.63) is 23.8 Å². The van der Waals surface area contributed by atoms with Crippen LogP contribution in [0.15, 0.2) is 12.4 Å². The van der Waals surface area contributed by atoms with Gasteiger partial charge in [-0.2, -0.15) is 12.6 Å². The van der Waals surface area contributed by atoms with Crippen LogP contribution in [0.25, 0.3) is 6.08 Å². The smallest absolute Gasteiger partial charge is 0.0929 e. The van der Waals surface area contributed by atoms with Crippen molar-refractivity contribution in [1.29, 1.82) is 0 Å². The lowest BCUT2D eigenvalue weighted by Gasteiger charge is -1.86. The molecule has 0 atom stereocenters. The van der Waals surface area contributed by atoms with Gasteiger partial charge in [-0.25, -0.2) is 4.98 Å². The third kappa shape index (κ3) is 2.42. The number of allylic oxidation sites excluding steroid dienone is 1. The van der Waals surface area contributed by atoms with E-state index in [1.807, 2.05) is 13.0 Å². The molecule has 1 N–H and O–H groups in total. The van der Waals surface area contributed by atoms with Gasteiger partial charge in [0.15, 0.2) is 0 Å². The summed E-state index contributed by atoms with van der Waals surface area (Å²) >= 11 is 4.10. The predicted octanol–water partition coefficient (Wildman–Crippen LogP) is 2.05. The second kappa shape index (κ2) is 4.23. The third-order valence-corrected chi connectivity index (χ3v) is 1.70. The van der Waals surface area contributed by atoms with Gasteiger partial charge in [0.25, 0.3) is 0 Å². The number of hydrogen-bond acceptors (Lipinski definition) is 2. The first-order valence-electron chi connectivity index (χ1n) is 3.62. The Morgan fingerprint density at radius 3 is 3.09 bits per heavy atom. The Morgan fingerprint density at radius 1 is 1.73 bits per heavy atom. The minimum absolute atomic E-state index is 0.889. The summed E-state index contributed by atoms with van der Waals surface area (Å²) in [7, 11) is 0. The monoisotopic (exact) mass is 168 g/mol. The molecule has 0 saturated carbocycles. The molecule has 0 aliphatic rings. The Morgan fingerprint density at radius 2 is 2.55 bits per heavy atom. The number of imidazole rings is 1. The highest BCUT2D eigenvalue weighted by atomic mass is 32.1. The van der Waals surface area contributed by atoms with Crippen molar-refractivity contribution in [2.24, 2.45) is 0 Å². The van der Waals surface area contributed by atoms with Crippen LogP contribution >= 0.6 is 12.6 Å². The van der Waals surface area contributed by atoms with Crippen molar-refractivity contribution in [3.8, 4) is 0 Å². The summed E-state index contributed by atoms with van der Waals surface area (Å²) in [6, 6.07) is 0. The summed E-state index contributed by atoms with van der Waals surface area (Å²) in [6.45, 7) is 2.01. The molecule has 0 amide bonds. The minimum Gasteiger partial charge on any atom is -0.348 e. The van der Waals surface area contributed by atoms with Crippen molar-refractivity contribution in [3.63, 3.8) is 0 Å². The average Bonchev–Trinajstić information content (AvgIpc) is 2.37. The number of nitrogens with one attached hydrogen (secondary N) is 1. The molecule has 0 aromatic carbocycles. The van der Waals surface area contributed by atoms with E-state index < -0.39 is 0 Å². The highest BCUT2D eigenvalue weighted by Crippen LogP contribution is 2.03. The molecule has 0 unspecified atom stereocenters. The van der Waals surface area contributed by atoms with Crippen molar-refractivity contribution in [1.82, 2.24) is 9.97 Å². The number of aryl methyl sites for hydroxylation is 1. The summed E-state index contributed by atoms with van der Waals surface area (Å²) in [5, 5.41) is 0. The minimum atomic E-state index is 0.889. The van der Waals surface area contributed by atoms with E-state index in [9.17, 15) is 0 Å². The summed E-state index contributed by atoms with van der Waals surface area (Å²) in [6.07, 6.45) is 6.79. The molecule has 2 nitrogen and oxygen atoms in total. The van der Waals surface area contributed by atoms with Crippen LogP contribution in [0.1, 0.15) is 17.8 Å². The summed E-state index contributed by atoms with van der Waals surface area (Å²) in [5.41, 5.74) is 2.13. The van der Waals surface area contributed by atoms with E-state index in [0.29, 0.717) is 0 Å². The average molecular weight is 168 g/mol. The molecule has 0 bridgehead atoms. The van der Waals surface area contributed by atoms with Crippen molar-refractivity contribution in [2.75, 3.05) is 5.75 Å². The number of hydrogen-bond donors (Lipinski definition) is 2. The fourth-order valence-electron chi connectivity index (χ4n) is 0.807. The maximum absolute atomic E-state index is 4.12. The molecule has 1 rings (SSSR count). The van der Waals surface area contributed by atoms with Gasteiger partial charge >= 0.3 is 0 Å². The zero-order valence-corrected chi connectivity index (χ0v) is 7.44. The van der Waals surface area contributed by atoms with Crippen LogP contribution in [0.2, 0.25) is 0 Å². The second-order valence-corrected chi connectivity index (χ2v) is 2.77. The number of thiol groups is 1. The first-order valence-corrected chi connectivity index (χ1v) is 4.25. The standard InChI is InChI=1S/C8H12N2S/c1-7-8(10-6-9-7)4-2-3-5-11/h2,4,6,11H,3,5H2,1H3,(H,9,10). The van der Waals surface area contributed by atoms with Gasteiger partial charge in [-0.1, -0.05) is 6.08 Å². The molecule has 11 heavy (non-hydrogen) atoms. The van der Waals surface area contributed by atoms with Crippen LogP contribution in [-0.4, -0.2) is 15.7 Å². The molecule has 0 spiro atoms. The van der Waals surface area contributed by atoms with Crippen LogP contribution in [-0.2, 0) is 0 Å². The van der Waals surface area contributed by atoms with Gasteiger partial charge in [0.2, 0.25) is 0 Å². The molecule has 1 heterocycles. The molecule has 1 aromatic rings. The molecule has 1 aromatic heterocycles. The van der Waals surface area contributed by atoms with Gasteiger partial charge in [0.05, 0.1) is 12.0 Å². The molecule has 0 aliphatic heterocycles. The molecular formula is C8H12N2S. The quantitative estimate of drug-likeness (QED) is 0.664. The lowest BCUT2D eigenvalue weighted by Crippen LogP contribution is -1.76. The van der Waals surface area contributed by atoms with Crippen LogP contribution in [0.4, 0.5) is 0 Å². The van der Waals surface area contributed by atoms with Gasteiger partial charge in [0, 0.05) is 5.69 Å². The fraction of sp³-hybridized carbons (Fsp3) is 0.375. The Kier molecular flexibility index (Phi) is 3.23. The summed E-state index contributed by atoms with van der Waals surface area (Å²) in [4.78, 5) is 7.13. The van der Waals surface area contributed by atoms with Gasteiger partial charge in [-0.05, 0) is 25.2 Å². The Balaban J connectivity index is 2.56. The SMILES string of the molecule is Cc1[nH]cnc1C=CCCS. The second-order valence-electron chi connectivity index (χ2n) is 2.33. The van der Waals surface area contributed by atoms with E-state index in [2.05, 4.69) is 28.7 Å². The summed E-state index contributed by atoms with van der Waals surface area (Å²) < 4.78 is 0. The predicted molar refractivity (Wildman–Crippen MR) is 50.8 cm³/mol. The highest BCUT2D eigenvalue weighted by Gasteiger charge is 1.92. The van der Waals surface area contributed by atoms with Crippen LogP contribution in [0, 0.1) is 6.92 Å². The first kappa shape index (κ1) is 8.40. The first-order chi connectivity index (χ1) is 5.34. The zero-order valence-electron chi connectivity index (χ0n) is 6.54. The van der Waals surface area contributed by atoms with Gasteiger partial charge < -0.3 is 4.98 Å². The number of aromatic nitrogens is 2. The highest BCUT2D eigenvalue weighted by molar-refractivity contribution is 7.80. The molecule has 0 radical (unpaired) electrons. The van der Waals surface area contributed by atoms with Crippen molar-refractivity contribution in [2.45, 2.75) is 13.3 Å². The molecule has 0 fully saturated rings. The van der Waals surface area contributed by atoms with Gasteiger partial charge in [-0.15, -0.1) is 0 Å². The van der Waals surface area contributed by atoms with E-state index in [0.717, 1.165) is 23.6 Å². The third-order valence-electron chi connectivity index (χ3n) is 1.44. The Labute approximate surface area is 72.2 Å². The largest absolute Gasteiger partial charge is 0.348 e. The van der Waals surface area contributed by atoms with E-state index in [-0.39, 0.29) is 0 Å². The Hall–Kier alpha value is -0.700. The molecule has 0 saturated heterocycles. The molecular weight excluding hydrogens is 156 g/mol. The van der Waals surface area contributed by atoms with Crippen molar-refractivity contribution < 1.29 is 0 Å². The van der Waals surface area contributed by atoms with E-state index in [1.165, 1.54) is 0 Å². The van der Waals surface area contributed by atoms with Crippen molar-refractivity contribution >= 4 is 18.7 Å². The Bertz CT molecular complexity index is 240. The molecule has 60 valence electrons. The number of rotatable bonds is 3. The number of H-pyrrole nitrogens is 1. The van der Waals surface area contributed by atoms with Crippen LogP contribution in [0.5, 0.6) is 0 Å². The van der Waals surface area contributed by atoms with E-state index >= 15 is 0 Å². The normalized spacial score (nSPS) is 11.1. The summed E-state index contributed by atoms with van der Waals surface area (Å²) in [5.74, 6) is 0.889. The van der Waals surface area contributed by atoms with E-state index in [1.54, 1.807) is 6.33 Å². The molecule has 3 heteroatoms. The maximum Gasteiger partial charge on any atom is 0.0929 e. The maximum atomic E-state index is 4.12. The van der Waals surface area contributed by atoms with Gasteiger partial charge in [0.1, 0.15) is 0 Å². The van der Waals surface area contributed by atoms with Crippen LogP contribution < -0.4 is 0 Å². The lowest BCUT2D eigenvalue weighted by molar-refractivity contribution is 1.24. The number of aromatic amines is 1. The number of nitrogens with zero attached hydrogens (tertiary/aromatic N) is 1. The van der Waals surface area contributed by atoms with Gasteiger partial charge in [-0.3, -0.25) is 0 Å². The van der Waals surface area contributed by atoms with E-state index in [4.69, 9.17) is 0 Å².